The molecule has 0 saturated carbocycles. The van der Waals surface area contributed by atoms with Gasteiger partial charge >= 0.3 is 6.01 Å². The Morgan fingerprint density at radius 1 is 1.32 bits per heavy atom. The molecule has 2 aromatic rings. The van der Waals surface area contributed by atoms with Crippen molar-refractivity contribution in [3.8, 4) is 16.7 Å². The van der Waals surface area contributed by atoms with Crippen molar-refractivity contribution in [2.75, 3.05) is 11.9 Å². The summed E-state index contributed by atoms with van der Waals surface area (Å²) in [7, 11) is 0. The molecule has 0 aromatic carbocycles. The van der Waals surface area contributed by atoms with Crippen molar-refractivity contribution in [2.45, 2.75) is 33.3 Å². The van der Waals surface area contributed by atoms with Crippen LogP contribution in [0.25, 0.3) is 10.7 Å². The minimum absolute atomic E-state index is 0.0395. The molecule has 0 fully saturated rings. The van der Waals surface area contributed by atoms with Gasteiger partial charge in [-0.3, -0.25) is 0 Å². The Morgan fingerprint density at radius 3 is 2.79 bits per heavy atom. The molecule has 2 aromatic heterocycles. The molecule has 6 heteroatoms. The number of hydrogen-bond acceptors (Lipinski definition) is 6. The van der Waals surface area contributed by atoms with Crippen molar-refractivity contribution in [2.24, 2.45) is 0 Å². The average molecular weight is 278 g/mol. The molecule has 0 amide bonds. The van der Waals surface area contributed by atoms with E-state index in [1.165, 1.54) is 0 Å². The molecule has 2 rings (SSSR count). The van der Waals surface area contributed by atoms with Crippen molar-refractivity contribution < 1.29 is 4.74 Å². The van der Waals surface area contributed by atoms with Gasteiger partial charge in [-0.15, -0.1) is 11.3 Å². The van der Waals surface area contributed by atoms with Crippen LogP contribution in [0, 0.1) is 0 Å². The summed E-state index contributed by atoms with van der Waals surface area (Å²) in [6.07, 6.45) is 1.05. The lowest BCUT2D eigenvalue weighted by molar-refractivity contribution is 0.222. The number of aromatic nitrogens is 3. The highest BCUT2D eigenvalue weighted by molar-refractivity contribution is 7.13. The number of hydrogen-bond donors (Lipinski definition) is 1. The van der Waals surface area contributed by atoms with Gasteiger partial charge < -0.3 is 10.1 Å². The summed E-state index contributed by atoms with van der Waals surface area (Å²) in [6, 6.07) is 4.33. The van der Waals surface area contributed by atoms with Crippen molar-refractivity contribution in [3.05, 3.63) is 17.5 Å². The van der Waals surface area contributed by atoms with E-state index in [2.05, 4.69) is 27.2 Å². The van der Waals surface area contributed by atoms with E-state index in [1.54, 1.807) is 11.3 Å². The maximum Gasteiger partial charge on any atom is 0.322 e. The predicted molar refractivity (Wildman–Crippen MR) is 77.7 cm³/mol. The van der Waals surface area contributed by atoms with Crippen LogP contribution in [0.5, 0.6) is 6.01 Å². The Hall–Kier alpha value is -1.69. The summed E-state index contributed by atoms with van der Waals surface area (Å²) >= 11 is 1.60. The first-order valence-electron chi connectivity index (χ1n) is 6.39. The van der Waals surface area contributed by atoms with E-state index in [4.69, 9.17) is 4.74 Å². The zero-order chi connectivity index (χ0) is 13.7. The van der Waals surface area contributed by atoms with Crippen LogP contribution in [0.1, 0.15) is 27.2 Å². The summed E-state index contributed by atoms with van der Waals surface area (Å²) in [6.45, 7) is 6.83. The Morgan fingerprint density at radius 2 is 2.16 bits per heavy atom. The van der Waals surface area contributed by atoms with Gasteiger partial charge in [0.1, 0.15) is 0 Å². The van der Waals surface area contributed by atoms with Crippen LogP contribution in [0.2, 0.25) is 0 Å². The monoisotopic (exact) mass is 278 g/mol. The summed E-state index contributed by atoms with van der Waals surface area (Å²) in [5, 5.41) is 5.17. The number of ether oxygens (including phenoxy) is 1. The lowest BCUT2D eigenvalue weighted by atomic mass is 10.4. The van der Waals surface area contributed by atoms with Gasteiger partial charge in [0.05, 0.1) is 11.0 Å². The molecule has 0 aliphatic heterocycles. The summed E-state index contributed by atoms with van der Waals surface area (Å²) in [5.41, 5.74) is 0. The molecule has 19 heavy (non-hydrogen) atoms. The summed E-state index contributed by atoms with van der Waals surface area (Å²) in [4.78, 5) is 14.0. The largest absolute Gasteiger partial charge is 0.461 e. The first-order chi connectivity index (χ1) is 9.19. The van der Waals surface area contributed by atoms with Crippen LogP contribution < -0.4 is 10.1 Å². The smallest absolute Gasteiger partial charge is 0.322 e. The van der Waals surface area contributed by atoms with Gasteiger partial charge in [-0.1, -0.05) is 13.0 Å². The van der Waals surface area contributed by atoms with Gasteiger partial charge in [0, 0.05) is 6.54 Å². The predicted octanol–water partition coefficient (Wildman–Crippen LogP) is 3.21. The van der Waals surface area contributed by atoms with Crippen molar-refractivity contribution in [3.63, 3.8) is 0 Å². The Kier molecular flexibility index (Phi) is 4.68. The molecule has 5 nitrogen and oxygen atoms in total. The van der Waals surface area contributed by atoms with Gasteiger partial charge in [0.15, 0.2) is 5.82 Å². The normalized spacial score (nSPS) is 10.7. The van der Waals surface area contributed by atoms with Crippen molar-refractivity contribution in [1.29, 1.82) is 0 Å². The third-order valence-electron chi connectivity index (χ3n) is 2.23. The van der Waals surface area contributed by atoms with Gasteiger partial charge in [-0.25, -0.2) is 0 Å². The zero-order valence-electron chi connectivity index (χ0n) is 11.4. The van der Waals surface area contributed by atoms with Gasteiger partial charge in [-0.05, 0) is 31.7 Å². The van der Waals surface area contributed by atoms with Crippen LogP contribution in [0.15, 0.2) is 17.5 Å². The molecule has 0 spiro atoms. The van der Waals surface area contributed by atoms with Gasteiger partial charge in [0.25, 0.3) is 0 Å². The van der Waals surface area contributed by atoms with E-state index >= 15 is 0 Å². The lowest BCUT2D eigenvalue weighted by Gasteiger charge is -2.10. The molecular formula is C13H18N4OS. The highest BCUT2D eigenvalue weighted by atomic mass is 32.1. The molecule has 0 atom stereocenters. The molecule has 102 valence electrons. The zero-order valence-corrected chi connectivity index (χ0v) is 12.2. The molecule has 0 unspecified atom stereocenters. The summed E-state index contributed by atoms with van der Waals surface area (Å²) < 4.78 is 5.58. The molecule has 2 heterocycles. The first kappa shape index (κ1) is 13.7. The van der Waals surface area contributed by atoms with E-state index in [0.29, 0.717) is 17.8 Å². The average Bonchev–Trinajstić information content (AvgIpc) is 2.89. The fourth-order valence-electron chi connectivity index (χ4n) is 1.45. The maximum atomic E-state index is 5.58. The minimum Gasteiger partial charge on any atom is -0.461 e. The summed E-state index contributed by atoms with van der Waals surface area (Å²) in [5.74, 6) is 1.22. The second kappa shape index (κ2) is 6.47. The molecule has 0 radical (unpaired) electrons. The third-order valence-corrected chi connectivity index (χ3v) is 3.10. The molecule has 0 aliphatic rings. The van der Waals surface area contributed by atoms with Gasteiger partial charge in [0.2, 0.25) is 5.95 Å². The van der Waals surface area contributed by atoms with Crippen LogP contribution in [0.3, 0.4) is 0 Å². The molecular weight excluding hydrogens is 260 g/mol. The number of thiophene rings is 1. The highest BCUT2D eigenvalue weighted by Gasteiger charge is 2.11. The molecule has 0 aliphatic carbocycles. The van der Waals surface area contributed by atoms with Crippen LogP contribution >= 0.6 is 11.3 Å². The SMILES string of the molecule is CCCNc1nc(OC(C)C)nc(-c2cccs2)n1. The van der Waals surface area contributed by atoms with Crippen LogP contribution in [-0.4, -0.2) is 27.6 Å². The Labute approximate surface area is 117 Å². The Balaban J connectivity index is 2.31. The van der Waals surface area contributed by atoms with Crippen LogP contribution in [-0.2, 0) is 0 Å². The maximum absolute atomic E-state index is 5.58. The first-order valence-corrected chi connectivity index (χ1v) is 7.27. The topological polar surface area (TPSA) is 59.9 Å². The number of nitrogens with zero attached hydrogens (tertiary/aromatic N) is 3. The second-order valence-electron chi connectivity index (χ2n) is 4.34. The van der Waals surface area contributed by atoms with Crippen molar-refractivity contribution in [1.82, 2.24) is 15.0 Å². The second-order valence-corrected chi connectivity index (χ2v) is 5.28. The van der Waals surface area contributed by atoms with E-state index in [9.17, 15) is 0 Å². The number of nitrogens with one attached hydrogen (secondary N) is 1. The van der Waals surface area contributed by atoms with E-state index < -0.39 is 0 Å². The molecule has 0 bridgehead atoms. The van der Waals surface area contributed by atoms with Crippen LogP contribution in [0.4, 0.5) is 5.95 Å². The third kappa shape index (κ3) is 3.89. The van der Waals surface area contributed by atoms with E-state index in [0.717, 1.165) is 17.8 Å². The minimum atomic E-state index is 0.0395. The standard InChI is InChI=1S/C13H18N4OS/c1-4-7-14-12-15-11(10-6-5-8-19-10)16-13(17-12)18-9(2)3/h5-6,8-9H,4,7H2,1-3H3,(H,14,15,16,17). The molecule has 1 N–H and O–H groups in total. The fraction of sp³-hybridized carbons (Fsp3) is 0.462. The Bertz CT molecular complexity index is 513. The number of anilines is 1. The highest BCUT2D eigenvalue weighted by Crippen LogP contribution is 2.23. The quantitative estimate of drug-likeness (QED) is 0.879. The number of rotatable bonds is 6. The van der Waals surface area contributed by atoms with Crippen molar-refractivity contribution >= 4 is 17.3 Å². The van der Waals surface area contributed by atoms with E-state index in [-0.39, 0.29) is 6.10 Å². The van der Waals surface area contributed by atoms with Gasteiger partial charge in [-0.2, -0.15) is 15.0 Å². The lowest BCUT2D eigenvalue weighted by Crippen LogP contribution is -2.12. The van der Waals surface area contributed by atoms with E-state index in [1.807, 2.05) is 31.4 Å². The molecule has 0 saturated heterocycles. The fourth-order valence-corrected chi connectivity index (χ4v) is 2.11.